The van der Waals surface area contributed by atoms with Gasteiger partial charge in [-0.2, -0.15) is 0 Å². The van der Waals surface area contributed by atoms with Crippen molar-refractivity contribution in [1.29, 1.82) is 0 Å². The zero-order valence-electron chi connectivity index (χ0n) is 33.8. The van der Waals surface area contributed by atoms with E-state index in [0.717, 1.165) is 99.9 Å². The summed E-state index contributed by atoms with van der Waals surface area (Å²) in [6.07, 6.45) is 5.77. The van der Waals surface area contributed by atoms with Crippen LogP contribution in [0.15, 0.2) is 213 Å². The molecule has 13 rings (SSSR count). The van der Waals surface area contributed by atoms with Crippen molar-refractivity contribution in [3.63, 3.8) is 0 Å². The Labute approximate surface area is 361 Å². The summed E-state index contributed by atoms with van der Waals surface area (Å²) in [5.41, 5.74) is 14.6. The molecular weight excluding hydrogens is 771 g/mol. The molecule has 0 N–H and O–H groups in total. The molecular formula is C56H35N7. The van der Waals surface area contributed by atoms with E-state index in [2.05, 4.69) is 177 Å². The molecule has 0 fully saturated rings. The van der Waals surface area contributed by atoms with E-state index in [1.165, 1.54) is 10.8 Å². The Morgan fingerprint density at radius 1 is 0.333 bits per heavy atom. The van der Waals surface area contributed by atoms with Crippen LogP contribution in [0, 0.1) is 0 Å². The monoisotopic (exact) mass is 805 g/mol. The lowest BCUT2D eigenvalue weighted by molar-refractivity contribution is 1.05. The van der Waals surface area contributed by atoms with Crippen LogP contribution in [-0.2, 0) is 0 Å². The highest BCUT2D eigenvalue weighted by Crippen LogP contribution is 2.39. The highest BCUT2D eigenvalue weighted by atomic mass is 15.1. The maximum Gasteiger partial charge on any atom is 0.162 e. The van der Waals surface area contributed by atoms with Crippen molar-refractivity contribution in [3.8, 4) is 51.0 Å². The van der Waals surface area contributed by atoms with E-state index < -0.39 is 0 Å². The molecule has 7 aromatic carbocycles. The lowest BCUT2D eigenvalue weighted by Crippen LogP contribution is -2.02. The minimum atomic E-state index is 0.686. The molecule has 0 bridgehead atoms. The number of fused-ring (bicyclic) bond motifs is 9. The molecule has 0 aliphatic heterocycles. The Bertz CT molecular complexity index is 3810. The fourth-order valence-electron chi connectivity index (χ4n) is 9.57. The quantitative estimate of drug-likeness (QED) is 0.168. The molecule has 7 heteroatoms. The van der Waals surface area contributed by atoms with Gasteiger partial charge < -0.3 is 9.13 Å². The molecule has 0 spiro atoms. The van der Waals surface area contributed by atoms with Crippen LogP contribution < -0.4 is 0 Å². The summed E-state index contributed by atoms with van der Waals surface area (Å²) in [4.78, 5) is 20.0. The first-order valence-corrected chi connectivity index (χ1v) is 21.1. The van der Waals surface area contributed by atoms with E-state index in [0.29, 0.717) is 5.82 Å². The molecule has 6 aromatic heterocycles. The Morgan fingerprint density at radius 3 is 1.65 bits per heavy atom. The van der Waals surface area contributed by atoms with Crippen LogP contribution in [0.2, 0.25) is 0 Å². The second kappa shape index (κ2) is 13.9. The number of hydrogen-bond acceptors (Lipinski definition) is 4. The number of hydrogen-bond donors (Lipinski definition) is 0. The van der Waals surface area contributed by atoms with Crippen LogP contribution in [-0.4, -0.2) is 33.6 Å². The van der Waals surface area contributed by atoms with Gasteiger partial charge in [-0.1, -0.05) is 133 Å². The van der Waals surface area contributed by atoms with Gasteiger partial charge in [0, 0.05) is 50.3 Å². The zero-order chi connectivity index (χ0) is 41.4. The van der Waals surface area contributed by atoms with Crippen LogP contribution in [0.5, 0.6) is 0 Å². The normalized spacial score (nSPS) is 11.8. The summed E-state index contributed by atoms with van der Waals surface area (Å²) in [7, 11) is 0. The van der Waals surface area contributed by atoms with Crippen LogP contribution >= 0.6 is 0 Å². The average Bonchev–Trinajstić information content (AvgIpc) is 4.00. The summed E-state index contributed by atoms with van der Waals surface area (Å²) in [5, 5.41) is 5.81. The van der Waals surface area contributed by atoms with Crippen molar-refractivity contribution in [3.05, 3.63) is 213 Å². The maximum absolute atomic E-state index is 5.24. The van der Waals surface area contributed by atoms with E-state index in [1.54, 1.807) is 0 Å². The molecule has 0 amide bonds. The number of rotatable bonds is 6. The van der Waals surface area contributed by atoms with Crippen LogP contribution in [0.3, 0.4) is 0 Å². The molecule has 0 unspecified atom stereocenters. The van der Waals surface area contributed by atoms with Gasteiger partial charge in [0.25, 0.3) is 0 Å². The van der Waals surface area contributed by atoms with Crippen molar-refractivity contribution in [2.45, 2.75) is 0 Å². The summed E-state index contributed by atoms with van der Waals surface area (Å²) in [6, 6.07) is 68.4. The second-order valence-corrected chi connectivity index (χ2v) is 16.0. The number of pyridine rings is 2. The lowest BCUT2D eigenvalue weighted by atomic mass is 10.0. The summed E-state index contributed by atoms with van der Waals surface area (Å²) in [5.74, 6) is 1.51. The Balaban J connectivity index is 0.984. The molecule has 0 radical (unpaired) electrons. The first-order valence-electron chi connectivity index (χ1n) is 21.1. The predicted molar refractivity (Wildman–Crippen MR) is 257 cm³/mol. The highest BCUT2D eigenvalue weighted by molar-refractivity contribution is 6.13. The van der Waals surface area contributed by atoms with Gasteiger partial charge in [-0.05, 0) is 65.7 Å². The molecule has 0 aliphatic rings. The van der Waals surface area contributed by atoms with Gasteiger partial charge in [-0.25, -0.2) is 9.97 Å². The smallest absolute Gasteiger partial charge is 0.162 e. The third-order valence-electron chi connectivity index (χ3n) is 12.4. The van der Waals surface area contributed by atoms with E-state index in [1.807, 2.05) is 48.9 Å². The molecule has 63 heavy (non-hydrogen) atoms. The van der Waals surface area contributed by atoms with Crippen LogP contribution in [0.1, 0.15) is 0 Å². The molecule has 0 saturated heterocycles. The third-order valence-corrected chi connectivity index (χ3v) is 12.4. The maximum atomic E-state index is 5.24. The topological polar surface area (TPSA) is 66.3 Å². The van der Waals surface area contributed by atoms with Gasteiger partial charge in [0.1, 0.15) is 5.82 Å². The SMILES string of the molecule is c1ccc(-c2cc(-n3c4ccccc4c4cc(-c5ccc6c7ccccc7n(-c7cncc(-n8c9ccccc9c9ncccc98)c7)c6c5)ccc43)nc(-c3ccccc3)n2)cc1. The minimum absolute atomic E-state index is 0.686. The number of aromatic nitrogens is 7. The molecule has 0 aliphatic carbocycles. The average molecular weight is 806 g/mol. The predicted octanol–water partition coefficient (Wildman–Crippen LogP) is 13.6. The van der Waals surface area contributed by atoms with Gasteiger partial charge in [0.15, 0.2) is 5.82 Å². The number of para-hydroxylation sites is 3. The van der Waals surface area contributed by atoms with Crippen LogP contribution in [0.25, 0.3) is 117 Å². The van der Waals surface area contributed by atoms with Crippen molar-refractivity contribution in [2.24, 2.45) is 0 Å². The van der Waals surface area contributed by atoms with Gasteiger partial charge in [0.2, 0.25) is 0 Å². The van der Waals surface area contributed by atoms with Gasteiger partial charge in [0.05, 0.1) is 68.1 Å². The summed E-state index contributed by atoms with van der Waals surface area (Å²) < 4.78 is 6.90. The number of nitrogens with zero attached hydrogens (tertiary/aromatic N) is 7. The molecule has 7 nitrogen and oxygen atoms in total. The van der Waals surface area contributed by atoms with Gasteiger partial charge in [-0.3, -0.25) is 14.5 Å². The van der Waals surface area contributed by atoms with Gasteiger partial charge in [-0.15, -0.1) is 0 Å². The van der Waals surface area contributed by atoms with Crippen molar-refractivity contribution >= 4 is 65.5 Å². The Kier molecular flexibility index (Phi) is 7.77. The Morgan fingerprint density at radius 2 is 0.889 bits per heavy atom. The summed E-state index contributed by atoms with van der Waals surface area (Å²) in [6.45, 7) is 0. The van der Waals surface area contributed by atoms with E-state index in [9.17, 15) is 0 Å². The molecule has 0 saturated carbocycles. The largest absolute Gasteiger partial charge is 0.308 e. The molecule has 6 heterocycles. The number of benzene rings is 7. The van der Waals surface area contributed by atoms with Crippen molar-refractivity contribution in [2.75, 3.05) is 0 Å². The first-order chi connectivity index (χ1) is 31.2. The van der Waals surface area contributed by atoms with Crippen LogP contribution in [0.4, 0.5) is 0 Å². The second-order valence-electron chi connectivity index (χ2n) is 16.0. The van der Waals surface area contributed by atoms with Gasteiger partial charge >= 0.3 is 0 Å². The summed E-state index contributed by atoms with van der Waals surface area (Å²) >= 11 is 0. The fourth-order valence-corrected chi connectivity index (χ4v) is 9.57. The van der Waals surface area contributed by atoms with E-state index in [-0.39, 0.29) is 0 Å². The Hall–Kier alpha value is -8.68. The molecule has 0 atom stereocenters. The van der Waals surface area contributed by atoms with E-state index >= 15 is 0 Å². The highest BCUT2D eigenvalue weighted by Gasteiger charge is 2.20. The van der Waals surface area contributed by atoms with Crippen molar-refractivity contribution in [1.82, 2.24) is 33.6 Å². The standard InChI is InChI=1S/C56H35N7/c1-3-14-36(15-4-1)47-33-54(60-56(59-47)37-16-5-2-6-17-37)63-49-22-11-8-19-43(49)46-30-38(26-28-51(46)63)39-25-27-44-42-18-7-10-21-48(42)62(53(44)31-39)41-32-40(34-57-35-41)61-50-23-12-9-20-45(50)55-52(61)24-13-29-58-55/h1-35H. The molecule has 294 valence electrons. The van der Waals surface area contributed by atoms with E-state index in [4.69, 9.17) is 19.9 Å². The fraction of sp³-hybridized carbons (Fsp3) is 0. The molecule has 13 aromatic rings. The lowest BCUT2D eigenvalue weighted by Gasteiger charge is -2.13. The minimum Gasteiger partial charge on any atom is -0.308 e. The zero-order valence-corrected chi connectivity index (χ0v) is 33.8. The third kappa shape index (κ3) is 5.53. The van der Waals surface area contributed by atoms with Crippen molar-refractivity contribution < 1.29 is 0 Å². The first kappa shape index (κ1) is 35.1.